The number of benzene rings is 1. The van der Waals surface area contributed by atoms with Gasteiger partial charge in [-0.2, -0.15) is 0 Å². The molecule has 152 valence electrons. The summed E-state index contributed by atoms with van der Waals surface area (Å²) in [5.41, 5.74) is 3.77. The number of carbonyl (C=O) groups is 2. The Morgan fingerprint density at radius 1 is 1.21 bits per heavy atom. The minimum atomic E-state index is -0.438. The van der Waals surface area contributed by atoms with Crippen LogP contribution in [-0.2, 0) is 17.8 Å². The monoisotopic (exact) mass is 393 g/mol. The van der Waals surface area contributed by atoms with Crippen molar-refractivity contribution in [2.45, 2.75) is 63.6 Å². The van der Waals surface area contributed by atoms with E-state index in [1.54, 1.807) is 6.20 Å². The van der Waals surface area contributed by atoms with E-state index in [4.69, 9.17) is 0 Å². The van der Waals surface area contributed by atoms with Gasteiger partial charge in [-0.1, -0.05) is 18.9 Å². The summed E-state index contributed by atoms with van der Waals surface area (Å²) in [6.45, 7) is 1.22. The van der Waals surface area contributed by atoms with Gasteiger partial charge in [-0.05, 0) is 49.3 Å². The van der Waals surface area contributed by atoms with Crippen molar-refractivity contribution in [1.29, 1.82) is 0 Å². The molecule has 2 aromatic rings. The van der Waals surface area contributed by atoms with Crippen LogP contribution in [0.25, 0.3) is 10.9 Å². The fourth-order valence-corrected chi connectivity index (χ4v) is 5.28. The van der Waals surface area contributed by atoms with Gasteiger partial charge in [0.2, 0.25) is 5.91 Å². The van der Waals surface area contributed by atoms with Crippen molar-refractivity contribution in [2.24, 2.45) is 5.92 Å². The highest BCUT2D eigenvalue weighted by molar-refractivity contribution is 6.04. The van der Waals surface area contributed by atoms with Crippen molar-refractivity contribution in [3.63, 3.8) is 0 Å². The second-order valence-electron chi connectivity index (χ2n) is 8.73. The van der Waals surface area contributed by atoms with Crippen LogP contribution in [0.4, 0.5) is 0 Å². The van der Waals surface area contributed by atoms with E-state index in [9.17, 15) is 14.7 Å². The van der Waals surface area contributed by atoms with Crippen LogP contribution in [0, 0.1) is 5.92 Å². The lowest BCUT2D eigenvalue weighted by Crippen LogP contribution is -2.45. The summed E-state index contributed by atoms with van der Waals surface area (Å²) < 4.78 is 0. The molecule has 6 heteroatoms. The molecule has 1 aromatic heterocycles. The predicted molar refractivity (Wildman–Crippen MR) is 109 cm³/mol. The number of carbonyl (C=O) groups excluding carboxylic acids is 2. The number of aliphatic hydroxyl groups is 1. The molecule has 0 spiro atoms. The Labute approximate surface area is 170 Å². The molecule has 2 N–H and O–H groups in total. The van der Waals surface area contributed by atoms with Crippen LogP contribution in [0.5, 0.6) is 0 Å². The van der Waals surface area contributed by atoms with E-state index in [1.807, 2.05) is 17.0 Å². The molecular weight excluding hydrogens is 366 g/mol. The van der Waals surface area contributed by atoms with Gasteiger partial charge in [0.05, 0.1) is 17.7 Å². The zero-order valence-electron chi connectivity index (χ0n) is 16.6. The number of nitrogens with zero attached hydrogens (tertiary/aromatic N) is 2. The standard InChI is InChI=1S/C23H27N3O3/c27-20-6-2-1-5-19(20)26-13-18-17(23(26)29)11-15(16-4-3-9-24-22(16)18)10-14-7-8-21(28)25-12-14/h3-4,9,11,14,19-20,27H,1-2,5-8,10,12-13H2,(H,25,28)/t14?,19-,20-/m0/s1. The molecule has 5 rings (SSSR count). The largest absolute Gasteiger partial charge is 0.391 e. The van der Waals surface area contributed by atoms with Gasteiger partial charge in [0.1, 0.15) is 0 Å². The van der Waals surface area contributed by atoms with Crippen molar-refractivity contribution in [2.75, 3.05) is 6.54 Å². The Hall–Kier alpha value is -2.47. The molecular formula is C23H27N3O3. The van der Waals surface area contributed by atoms with Crippen molar-refractivity contribution in [3.05, 3.63) is 41.1 Å². The average Bonchev–Trinajstić information content (AvgIpc) is 3.07. The molecule has 0 radical (unpaired) electrons. The first-order valence-electron chi connectivity index (χ1n) is 10.8. The molecule has 3 aliphatic rings. The minimum Gasteiger partial charge on any atom is -0.391 e. The molecule has 2 amide bonds. The van der Waals surface area contributed by atoms with Gasteiger partial charge in [0.15, 0.2) is 0 Å². The Kier molecular flexibility index (Phi) is 4.74. The molecule has 0 bridgehead atoms. The first-order valence-corrected chi connectivity index (χ1v) is 10.8. The lowest BCUT2D eigenvalue weighted by atomic mass is 9.88. The number of nitrogens with one attached hydrogen (secondary N) is 1. The van der Waals surface area contributed by atoms with Crippen molar-refractivity contribution in [3.8, 4) is 0 Å². The van der Waals surface area contributed by atoms with Crippen LogP contribution in [0.3, 0.4) is 0 Å². The third-order valence-corrected chi connectivity index (χ3v) is 6.87. The van der Waals surface area contributed by atoms with Crippen LogP contribution in [0.15, 0.2) is 24.4 Å². The van der Waals surface area contributed by atoms with Gasteiger partial charge >= 0.3 is 0 Å². The zero-order chi connectivity index (χ0) is 20.0. The summed E-state index contributed by atoms with van der Waals surface area (Å²) in [4.78, 5) is 31.3. The van der Waals surface area contributed by atoms with E-state index in [1.165, 1.54) is 0 Å². The van der Waals surface area contributed by atoms with E-state index in [-0.39, 0.29) is 17.9 Å². The van der Waals surface area contributed by atoms with E-state index in [2.05, 4.69) is 16.4 Å². The fraction of sp³-hybridized carbons (Fsp3) is 0.522. The van der Waals surface area contributed by atoms with Crippen molar-refractivity contribution in [1.82, 2.24) is 15.2 Å². The van der Waals surface area contributed by atoms with E-state index in [0.29, 0.717) is 25.4 Å². The molecule has 2 fully saturated rings. The van der Waals surface area contributed by atoms with Gasteiger partial charge in [-0.3, -0.25) is 14.6 Å². The number of fused-ring (bicyclic) bond motifs is 3. The molecule has 3 heterocycles. The second-order valence-corrected chi connectivity index (χ2v) is 8.73. The highest BCUT2D eigenvalue weighted by atomic mass is 16.3. The Bertz CT molecular complexity index is 963. The van der Waals surface area contributed by atoms with E-state index >= 15 is 0 Å². The maximum absolute atomic E-state index is 13.3. The van der Waals surface area contributed by atoms with Crippen molar-refractivity contribution < 1.29 is 14.7 Å². The summed E-state index contributed by atoms with van der Waals surface area (Å²) in [5, 5.41) is 14.5. The lowest BCUT2D eigenvalue weighted by molar-refractivity contribution is -0.122. The first-order chi connectivity index (χ1) is 14.1. The quantitative estimate of drug-likeness (QED) is 0.840. The predicted octanol–water partition coefficient (Wildman–Crippen LogP) is 2.56. The van der Waals surface area contributed by atoms with Gasteiger partial charge in [-0.15, -0.1) is 0 Å². The molecule has 1 unspecified atom stereocenters. The molecule has 3 atom stereocenters. The van der Waals surface area contributed by atoms with Gasteiger partial charge in [0, 0.05) is 42.2 Å². The number of aliphatic hydroxyl groups excluding tert-OH is 1. The van der Waals surface area contributed by atoms with Crippen LogP contribution in [-0.4, -0.2) is 45.5 Å². The Morgan fingerprint density at radius 3 is 2.86 bits per heavy atom. The maximum atomic E-state index is 13.3. The average molecular weight is 393 g/mol. The van der Waals surface area contributed by atoms with Crippen LogP contribution in [0.1, 0.15) is 60.0 Å². The maximum Gasteiger partial charge on any atom is 0.254 e. The smallest absolute Gasteiger partial charge is 0.254 e. The molecule has 29 heavy (non-hydrogen) atoms. The highest BCUT2D eigenvalue weighted by Crippen LogP contribution is 2.36. The third-order valence-electron chi connectivity index (χ3n) is 6.87. The topological polar surface area (TPSA) is 82.5 Å². The SMILES string of the molecule is O=C1CCC(Cc2cc3c(c4ncccc24)CN([C@H]2CCCC[C@@H]2O)C3=O)CN1. The number of hydrogen-bond donors (Lipinski definition) is 2. The molecule has 1 saturated heterocycles. The number of amides is 2. The number of rotatable bonds is 3. The lowest BCUT2D eigenvalue weighted by Gasteiger charge is -2.35. The van der Waals surface area contributed by atoms with E-state index < -0.39 is 6.10 Å². The minimum absolute atomic E-state index is 0.0247. The first kappa shape index (κ1) is 18.6. The third kappa shape index (κ3) is 3.29. The molecule has 1 saturated carbocycles. The Balaban J connectivity index is 1.50. The number of piperidine rings is 1. The normalized spacial score (nSPS) is 27.2. The zero-order valence-corrected chi connectivity index (χ0v) is 16.6. The summed E-state index contributed by atoms with van der Waals surface area (Å²) in [5.74, 6) is 0.525. The van der Waals surface area contributed by atoms with Gasteiger partial charge < -0.3 is 15.3 Å². The second kappa shape index (κ2) is 7.41. The van der Waals surface area contributed by atoms with Crippen LogP contribution >= 0.6 is 0 Å². The highest BCUT2D eigenvalue weighted by Gasteiger charge is 2.38. The molecule has 2 aliphatic heterocycles. The van der Waals surface area contributed by atoms with E-state index in [0.717, 1.165) is 66.1 Å². The summed E-state index contributed by atoms with van der Waals surface area (Å²) in [6.07, 6.45) is 7.33. The number of hydrogen-bond acceptors (Lipinski definition) is 4. The fourth-order valence-electron chi connectivity index (χ4n) is 5.28. The Morgan fingerprint density at radius 2 is 2.07 bits per heavy atom. The number of pyridine rings is 1. The summed E-state index contributed by atoms with van der Waals surface area (Å²) in [6, 6.07) is 5.98. The van der Waals surface area contributed by atoms with Crippen molar-refractivity contribution >= 4 is 22.7 Å². The number of aromatic nitrogens is 1. The van der Waals surface area contributed by atoms with Crippen LogP contribution < -0.4 is 5.32 Å². The molecule has 1 aromatic carbocycles. The van der Waals surface area contributed by atoms with Gasteiger partial charge in [-0.25, -0.2) is 0 Å². The molecule has 6 nitrogen and oxygen atoms in total. The van der Waals surface area contributed by atoms with Crippen LogP contribution in [0.2, 0.25) is 0 Å². The van der Waals surface area contributed by atoms with Gasteiger partial charge in [0.25, 0.3) is 5.91 Å². The molecule has 1 aliphatic carbocycles. The summed E-state index contributed by atoms with van der Waals surface area (Å²) >= 11 is 0. The summed E-state index contributed by atoms with van der Waals surface area (Å²) in [7, 11) is 0.